The Kier molecular flexibility index (Phi) is 2.65. The van der Waals surface area contributed by atoms with E-state index in [0.29, 0.717) is 0 Å². The van der Waals surface area contributed by atoms with Gasteiger partial charge in [-0.2, -0.15) is 0 Å². The summed E-state index contributed by atoms with van der Waals surface area (Å²) in [5, 5.41) is 6.91. The van der Waals surface area contributed by atoms with E-state index >= 15 is 0 Å². The summed E-state index contributed by atoms with van der Waals surface area (Å²) in [7, 11) is 1.91. The molecule has 0 amide bonds. The molecule has 2 aromatic rings. The van der Waals surface area contributed by atoms with Crippen LogP contribution >= 0.6 is 11.3 Å². The second-order valence-electron chi connectivity index (χ2n) is 3.12. The quantitative estimate of drug-likeness (QED) is 0.841. The largest absolute Gasteiger partial charge is 0.355 e. The van der Waals surface area contributed by atoms with E-state index in [1.165, 1.54) is 4.88 Å². The maximum absolute atomic E-state index is 5.24. The van der Waals surface area contributed by atoms with Gasteiger partial charge in [-0.3, -0.25) is 0 Å². The highest BCUT2D eigenvalue weighted by Crippen LogP contribution is 2.30. The Morgan fingerprint density at radius 1 is 1.50 bits per heavy atom. The second-order valence-corrected chi connectivity index (χ2v) is 4.41. The van der Waals surface area contributed by atoms with Crippen LogP contribution in [-0.2, 0) is 6.54 Å². The van der Waals surface area contributed by atoms with E-state index in [9.17, 15) is 0 Å². The van der Waals surface area contributed by atoms with Crippen molar-refractivity contribution in [3.05, 3.63) is 28.8 Å². The molecule has 0 fully saturated rings. The van der Waals surface area contributed by atoms with Crippen LogP contribution in [0.5, 0.6) is 0 Å². The zero-order chi connectivity index (χ0) is 9.97. The fourth-order valence-electron chi connectivity index (χ4n) is 1.34. The molecule has 74 valence electrons. The summed E-state index contributed by atoms with van der Waals surface area (Å²) in [5.41, 5.74) is 1.11. The van der Waals surface area contributed by atoms with Crippen LogP contribution in [0.1, 0.15) is 10.4 Å². The monoisotopic (exact) mass is 208 g/mol. The summed E-state index contributed by atoms with van der Waals surface area (Å²) < 4.78 is 5.24. The van der Waals surface area contributed by atoms with E-state index in [1.807, 2.05) is 7.05 Å². The van der Waals surface area contributed by atoms with Crippen molar-refractivity contribution in [3.63, 3.8) is 0 Å². The van der Waals surface area contributed by atoms with Crippen LogP contribution in [0.25, 0.3) is 10.6 Å². The minimum absolute atomic E-state index is 0.787. The molecule has 1 N–H and O–H groups in total. The molecule has 2 aromatic heterocycles. The summed E-state index contributed by atoms with van der Waals surface area (Å²) in [6, 6.07) is 4.16. The molecular formula is C10H12N2OS. The van der Waals surface area contributed by atoms with E-state index in [1.54, 1.807) is 17.5 Å². The summed E-state index contributed by atoms with van der Waals surface area (Å²) in [4.78, 5) is 2.43. The number of thiophene rings is 1. The number of nitrogens with zero attached hydrogens (tertiary/aromatic N) is 1. The van der Waals surface area contributed by atoms with Crippen LogP contribution in [-0.4, -0.2) is 12.2 Å². The van der Waals surface area contributed by atoms with E-state index < -0.39 is 0 Å². The van der Waals surface area contributed by atoms with Gasteiger partial charge in [-0.05, 0) is 26.1 Å². The van der Waals surface area contributed by atoms with E-state index in [-0.39, 0.29) is 0 Å². The third-order valence-corrected chi connectivity index (χ3v) is 2.98. The first-order chi connectivity index (χ1) is 6.81. The Bertz CT molecular complexity index is 419. The first-order valence-corrected chi connectivity index (χ1v) is 5.28. The maximum Gasteiger partial charge on any atom is 0.181 e. The van der Waals surface area contributed by atoms with Crippen LogP contribution in [0.3, 0.4) is 0 Å². The molecule has 0 saturated heterocycles. The molecule has 0 aliphatic heterocycles. The molecule has 0 unspecified atom stereocenters. The van der Waals surface area contributed by atoms with Crippen LogP contribution in [0, 0.1) is 6.92 Å². The standard InChI is InChI=1S/C10H12N2OS/c1-7-3-4-9(14-7)10-8(5-11-2)6-12-13-10/h3-4,6,11H,5H2,1-2H3. The van der Waals surface area contributed by atoms with E-state index in [4.69, 9.17) is 4.52 Å². The number of aromatic nitrogens is 1. The molecule has 0 aromatic carbocycles. The molecule has 0 spiro atoms. The van der Waals surface area contributed by atoms with Crippen molar-refractivity contribution >= 4 is 11.3 Å². The van der Waals surface area contributed by atoms with Crippen molar-refractivity contribution in [2.75, 3.05) is 7.05 Å². The molecule has 0 aliphatic rings. The second kappa shape index (κ2) is 3.94. The van der Waals surface area contributed by atoms with Crippen molar-refractivity contribution in [3.8, 4) is 10.6 Å². The number of hydrogen-bond acceptors (Lipinski definition) is 4. The number of hydrogen-bond donors (Lipinski definition) is 1. The van der Waals surface area contributed by atoms with Crippen molar-refractivity contribution in [2.24, 2.45) is 0 Å². The van der Waals surface area contributed by atoms with E-state index in [2.05, 4.69) is 29.5 Å². The van der Waals surface area contributed by atoms with Gasteiger partial charge < -0.3 is 9.84 Å². The lowest BCUT2D eigenvalue weighted by atomic mass is 10.2. The van der Waals surface area contributed by atoms with Crippen LogP contribution < -0.4 is 5.32 Å². The maximum atomic E-state index is 5.24. The van der Waals surface area contributed by atoms with E-state index in [0.717, 1.165) is 22.7 Å². The third kappa shape index (κ3) is 1.71. The Hall–Kier alpha value is -1.13. The Morgan fingerprint density at radius 3 is 3.00 bits per heavy atom. The van der Waals surface area contributed by atoms with Gasteiger partial charge in [0.15, 0.2) is 5.76 Å². The first-order valence-electron chi connectivity index (χ1n) is 4.46. The predicted octanol–water partition coefficient (Wildman–Crippen LogP) is 2.43. The molecule has 0 bridgehead atoms. The lowest BCUT2D eigenvalue weighted by Crippen LogP contribution is -2.04. The minimum atomic E-state index is 0.787. The molecule has 2 rings (SSSR count). The Labute approximate surface area is 86.7 Å². The topological polar surface area (TPSA) is 38.1 Å². The Morgan fingerprint density at radius 2 is 2.36 bits per heavy atom. The fraction of sp³-hybridized carbons (Fsp3) is 0.300. The lowest BCUT2D eigenvalue weighted by Gasteiger charge is -1.96. The molecule has 0 aliphatic carbocycles. The number of aryl methyl sites for hydroxylation is 1. The molecule has 0 atom stereocenters. The van der Waals surface area contributed by atoms with Crippen LogP contribution in [0.2, 0.25) is 0 Å². The fourth-order valence-corrected chi connectivity index (χ4v) is 2.22. The average molecular weight is 208 g/mol. The van der Waals surface area contributed by atoms with Gasteiger partial charge in [0.05, 0.1) is 11.1 Å². The summed E-state index contributed by atoms with van der Waals surface area (Å²) >= 11 is 1.72. The highest BCUT2D eigenvalue weighted by atomic mass is 32.1. The molecule has 2 heterocycles. The van der Waals surface area contributed by atoms with Gasteiger partial charge in [-0.15, -0.1) is 11.3 Å². The first kappa shape index (κ1) is 9.43. The van der Waals surface area contributed by atoms with Crippen molar-refractivity contribution in [2.45, 2.75) is 13.5 Å². The summed E-state index contributed by atoms with van der Waals surface area (Å²) in [6.45, 7) is 2.87. The lowest BCUT2D eigenvalue weighted by molar-refractivity contribution is 0.432. The van der Waals surface area contributed by atoms with Crippen molar-refractivity contribution in [1.29, 1.82) is 0 Å². The van der Waals surface area contributed by atoms with Gasteiger partial charge in [-0.25, -0.2) is 0 Å². The molecule has 0 saturated carbocycles. The van der Waals surface area contributed by atoms with Gasteiger partial charge in [0.25, 0.3) is 0 Å². The zero-order valence-corrected chi connectivity index (χ0v) is 9.02. The van der Waals surface area contributed by atoms with Gasteiger partial charge >= 0.3 is 0 Å². The molecular weight excluding hydrogens is 196 g/mol. The highest BCUT2D eigenvalue weighted by Gasteiger charge is 2.11. The molecule has 14 heavy (non-hydrogen) atoms. The summed E-state index contributed by atoms with van der Waals surface area (Å²) in [6.07, 6.45) is 1.76. The van der Waals surface area contributed by atoms with Gasteiger partial charge in [-0.1, -0.05) is 5.16 Å². The van der Waals surface area contributed by atoms with Crippen LogP contribution in [0.4, 0.5) is 0 Å². The molecule has 0 radical (unpaired) electrons. The molecule has 3 nitrogen and oxygen atoms in total. The highest BCUT2D eigenvalue weighted by molar-refractivity contribution is 7.15. The third-order valence-electron chi connectivity index (χ3n) is 1.98. The summed E-state index contributed by atoms with van der Waals surface area (Å²) in [5.74, 6) is 0.887. The zero-order valence-electron chi connectivity index (χ0n) is 8.20. The number of nitrogens with one attached hydrogen (secondary N) is 1. The smallest absolute Gasteiger partial charge is 0.181 e. The normalized spacial score (nSPS) is 10.7. The van der Waals surface area contributed by atoms with Crippen molar-refractivity contribution in [1.82, 2.24) is 10.5 Å². The van der Waals surface area contributed by atoms with Crippen molar-refractivity contribution < 1.29 is 4.52 Å². The van der Waals surface area contributed by atoms with Crippen LogP contribution in [0.15, 0.2) is 22.9 Å². The number of rotatable bonds is 3. The van der Waals surface area contributed by atoms with Gasteiger partial charge in [0.1, 0.15) is 0 Å². The average Bonchev–Trinajstić information content (AvgIpc) is 2.74. The molecule has 4 heteroatoms. The minimum Gasteiger partial charge on any atom is -0.355 e. The predicted molar refractivity (Wildman–Crippen MR) is 57.3 cm³/mol. The van der Waals surface area contributed by atoms with Gasteiger partial charge in [0, 0.05) is 17.0 Å². The van der Waals surface area contributed by atoms with Gasteiger partial charge in [0.2, 0.25) is 0 Å². The Balaban J connectivity index is 2.36. The SMILES string of the molecule is CNCc1cnoc1-c1ccc(C)s1.